The number of carbonyl (C=O) groups excluding carboxylic acids is 1. The summed E-state index contributed by atoms with van der Waals surface area (Å²) in [4.78, 5) is 12.6. The third kappa shape index (κ3) is 5.27. The van der Waals surface area contributed by atoms with Crippen molar-refractivity contribution in [2.45, 2.75) is 19.4 Å². The molecular formula is C19H24FN3O3S. The second kappa shape index (κ2) is 8.96. The van der Waals surface area contributed by atoms with Crippen LogP contribution in [0.2, 0.25) is 0 Å². The molecular weight excluding hydrogens is 369 g/mol. The van der Waals surface area contributed by atoms with E-state index >= 15 is 0 Å². The number of amides is 1. The molecule has 146 valence electrons. The lowest BCUT2D eigenvalue weighted by atomic mass is 10.0. The maximum atomic E-state index is 13.2. The highest BCUT2D eigenvalue weighted by atomic mass is 32.2. The van der Waals surface area contributed by atoms with Gasteiger partial charge in [0.25, 0.3) is 0 Å². The summed E-state index contributed by atoms with van der Waals surface area (Å²) in [5.74, 6) is -0.930. The predicted molar refractivity (Wildman–Crippen MR) is 104 cm³/mol. The van der Waals surface area contributed by atoms with Crippen molar-refractivity contribution in [2.75, 3.05) is 24.9 Å². The molecule has 0 aliphatic heterocycles. The average molecular weight is 393 g/mol. The molecule has 0 heterocycles. The lowest BCUT2D eigenvalue weighted by Gasteiger charge is -2.28. The number of carbonyl (C=O) groups is 1. The minimum absolute atomic E-state index is 0.216. The van der Waals surface area contributed by atoms with Gasteiger partial charge in [-0.05, 0) is 36.2 Å². The Balaban J connectivity index is 2.24. The van der Waals surface area contributed by atoms with Gasteiger partial charge in [0.15, 0.2) is 0 Å². The van der Waals surface area contributed by atoms with Crippen LogP contribution in [0.15, 0.2) is 54.6 Å². The van der Waals surface area contributed by atoms with Gasteiger partial charge in [0, 0.05) is 14.1 Å². The number of nitrogens with zero attached hydrogens (tertiary/aromatic N) is 2. The first-order valence-electron chi connectivity index (χ1n) is 8.55. The monoisotopic (exact) mass is 393 g/mol. The molecule has 27 heavy (non-hydrogen) atoms. The van der Waals surface area contributed by atoms with E-state index in [4.69, 9.17) is 0 Å². The first-order valence-corrected chi connectivity index (χ1v) is 9.95. The second-order valence-corrected chi connectivity index (χ2v) is 8.28. The molecule has 0 fully saturated rings. The van der Waals surface area contributed by atoms with Gasteiger partial charge in [-0.2, -0.15) is 12.7 Å². The Morgan fingerprint density at radius 1 is 1.07 bits per heavy atom. The normalized spacial score (nSPS) is 12.6. The Hall–Kier alpha value is -2.45. The molecule has 0 spiro atoms. The fourth-order valence-electron chi connectivity index (χ4n) is 2.59. The number of rotatable bonds is 8. The third-order valence-corrected chi connectivity index (χ3v) is 5.91. The highest BCUT2D eigenvalue weighted by Crippen LogP contribution is 2.21. The van der Waals surface area contributed by atoms with Crippen molar-refractivity contribution in [1.82, 2.24) is 9.62 Å². The van der Waals surface area contributed by atoms with Gasteiger partial charge in [-0.15, -0.1) is 0 Å². The number of anilines is 1. The average Bonchev–Trinajstić information content (AvgIpc) is 2.65. The van der Waals surface area contributed by atoms with Crippen molar-refractivity contribution in [2.24, 2.45) is 0 Å². The van der Waals surface area contributed by atoms with Crippen LogP contribution in [0.1, 0.15) is 24.9 Å². The quantitative estimate of drug-likeness (QED) is 0.750. The molecule has 6 nitrogen and oxygen atoms in total. The number of nitrogens with one attached hydrogen (secondary N) is 1. The molecule has 0 radical (unpaired) electrons. The molecule has 0 saturated carbocycles. The summed E-state index contributed by atoms with van der Waals surface area (Å²) in [6.45, 7) is 1.53. The van der Waals surface area contributed by atoms with Crippen molar-refractivity contribution in [1.29, 1.82) is 0 Å². The lowest BCUT2D eigenvalue weighted by Crippen LogP contribution is -2.46. The number of benzene rings is 2. The molecule has 1 amide bonds. The number of hydrogen-bond acceptors (Lipinski definition) is 3. The highest BCUT2D eigenvalue weighted by molar-refractivity contribution is 7.90. The minimum Gasteiger partial charge on any atom is -0.348 e. The van der Waals surface area contributed by atoms with Gasteiger partial charge in [-0.1, -0.05) is 37.3 Å². The summed E-state index contributed by atoms with van der Waals surface area (Å²) in [5.41, 5.74) is 1.16. The summed E-state index contributed by atoms with van der Waals surface area (Å²) in [6, 6.07) is 14.2. The van der Waals surface area contributed by atoms with Crippen molar-refractivity contribution < 1.29 is 17.6 Å². The van der Waals surface area contributed by atoms with E-state index in [0.29, 0.717) is 6.42 Å². The molecule has 0 bridgehead atoms. The van der Waals surface area contributed by atoms with E-state index in [2.05, 4.69) is 5.32 Å². The van der Waals surface area contributed by atoms with Gasteiger partial charge in [-0.3, -0.25) is 4.79 Å². The van der Waals surface area contributed by atoms with Gasteiger partial charge >= 0.3 is 10.2 Å². The summed E-state index contributed by atoms with van der Waals surface area (Å²) >= 11 is 0. The summed E-state index contributed by atoms with van der Waals surface area (Å²) in [5, 5.41) is 2.87. The summed E-state index contributed by atoms with van der Waals surface area (Å²) in [6.07, 6.45) is 0.659. The van der Waals surface area contributed by atoms with E-state index in [1.807, 2.05) is 37.3 Å². The van der Waals surface area contributed by atoms with Crippen LogP contribution in [-0.2, 0) is 15.0 Å². The molecule has 1 unspecified atom stereocenters. The van der Waals surface area contributed by atoms with E-state index in [1.54, 1.807) is 0 Å². The maximum absolute atomic E-state index is 13.2. The Kier molecular flexibility index (Phi) is 6.92. The third-order valence-electron chi connectivity index (χ3n) is 4.09. The van der Waals surface area contributed by atoms with Gasteiger partial charge in [0.1, 0.15) is 12.4 Å². The van der Waals surface area contributed by atoms with E-state index in [1.165, 1.54) is 26.2 Å². The molecule has 1 N–H and O–H groups in total. The summed E-state index contributed by atoms with van der Waals surface area (Å²) in [7, 11) is -1.17. The molecule has 0 saturated heterocycles. The largest absolute Gasteiger partial charge is 0.348 e. The van der Waals surface area contributed by atoms with Crippen molar-refractivity contribution in [3.05, 3.63) is 66.0 Å². The molecule has 2 aromatic carbocycles. The fraction of sp³-hybridized carbons (Fsp3) is 0.316. The van der Waals surface area contributed by atoms with Crippen LogP contribution in [0.5, 0.6) is 0 Å². The first kappa shape index (κ1) is 20.9. The Morgan fingerprint density at radius 2 is 1.67 bits per heavy atom. The van der Waals surface area contributed by atoms with Gasteiger partial charge in [0.2, 0.25) is 5.91 Å². The molecule has 1 atom stereocenters. The standard InChI is InChI=1S/C19H24FN3O3S/c1-4-18(15-8-6-5-7-9-15)21-19(24)14-23(27(25,26)22(2)3)17-12-10-16(20)11-13-17/h5-13,18H,4,14H2,1-3H3,(H,21,24). The lowest BCUT2D eigenvalue weighted by molar-refractivity contribution is -0.120. The van der Waals surface area contributed by atoms with Crippen LogP contribution >= 0.6 is 0 Å². The van der Waals surface area contributed by atoms with Gasteiger partial charge in [0.05, 0.1) is 11.7 Å². The molecule has 2 rings (SSSR count). The molecule has 8 heteroatoms. The van der Waals surface area contributed by atoms with Crippen LogP contribution in [0.25, 0.3) is 0 Å². The Morgan fingerprint density at radius 3 is 2.19 bits per heavy atom. The van der Waals surface area contributed by atoms with Crippen LogP contribution in [0.3, 0.4) is 0 Å². The predicted octanol–water partition coefficient (Wildman–Crippen LogP) is 2.71. The summed E-state index contributed by atoms with van der Waals surface area (Å²) < 4.78 is 40.5. The minimum atomic E-state index is -3.92. The zero-order valence-corrected chi connectivity index (χ0v) is 16.4. The SMILES string of the molecule is CCC(NC(=O)CN(c1ccc(F)cc1)S(=O)(=O)N(C)C)c1ccccc1. The Bertz CT molecular complexity index is 856. The van der Waals surface area contributed by atoms with Gasteiger partial charge < -0.3 is 5.32 Å². The van der Waals surface area contributed by atoms with Gasteiger partial charge in [-0.25, -0.2) is 8.70 Å². The molecule has 0 aromatic heterocycles. The van der Waals surface area contributed by atoms with Crippen LogP contribution in [0.4, 0.5) is 10.1 Å². The van der Waals surface area contributed by atoms with E-state index in [9.17, 15) is 17.6 Å². The van der Waals surface area contributed by atoms with E-state index < -0.39 is 28.5 Å². The van der Waals surface area contributed by atoms with E-state index in [-0.39, 0.29) is 11.7 Å². The van der Waals surface area contributed by atoms with Crippen molar-refractivity contribution in [3.8, 4) is 0 Å². The van der Waals surface area contributed by atoms with Crippen LogP contribution in [-0.4, -0.2) is 39.3 Å². The zero-order chi connectivity index (χ0) is 20.0. The maximum Gasteiger partial charge on any atom is 0.304 e. The topological polar surface area (TPSA) is 69.7 Å². The van der Waals surface area contributed by atoms with Crippen molar-refractivity contribution >= 4 is 21.8 Å². The fourth-order valence-corrected chi connectivity index (χ4v) is 3.65. The van der Waals surface area contributed by atoms with Crippen LogP contribution in [0, 0.1) is 5.82 Å². The molecule has 2 aromatic rings. The Labute approximate surface area is 159 Å². The highest BCUT2D eigenvalue weighted by Gasteiger charge is 2.28. The number of halogens is 1. The zero-order valence-electron chi connectivity index (χ0n) is 15.6. The molecule has 0 aliphatic rings. The first-order chi connectivity index (χ1) is 12.8. The second-order valence-electron chi connectivity index (χ2n) is 6.21. The molecule has 0 aliphatic carbocycles. The van der Waals surface area contributed by atoms with Crippen LogP contribution < -0.4 is 9.62 Å². The van der Waals surface area contributed by atoms with Crippen molar-refractivity contribution in [3.63, 3.8) is 0 Å². The smallest absolute Gasteiger partial charge is 0.304 e. The number of hydrogen-bond donors (Lipinski definition) is 1. The van der Waals surface area contributed by atoms with E-state index in [0.717, 1.165) is 26.3 Å².